The molecule has 5 heteroatoms. The summed E-state index contributed by atoms with van der Waals surface area (Å²) in [6, 6.07) is 17.7. The van der Waals surface area contributed by atoms with Gasteiger partial charge in [0.1, 0.15) is 5.58 Å². The molecule has 136 valence electrons. The molecule has 1 aliphatic rings. The molecule has 2 aromatic carbocycles. The summed E-state index contributed by atoms with van der Waals surface area (Å²) in [5.41, 5.74) is 6.58. The van der Waals surface area contributed by atoms with E-state index in [1.54, 1.807) is 12.3 Å². The zero-order valence-electron chi connectivity index (χ0n) is 14.9. The average Bonchev–Trinajstić information content (AvgIpc) is 3.41. The predicted octanol–water partition coefficient (Wildman–Crippen LogP) is 4.83. The summed E-state index contributed by atoms with van der Waals surface area (Å²) in [6.45, 7) is 0.717. The van der Waals surface area contributed by atoms with Gasteiger partial charge >= 0.3 is 5.97 Å². The van der Waals surface area contributed by atoms with Crippen LogP contribution < -0.4 is 0 Å². The van der Waals surface area contributed by atoms with Crippen LogP contribution >= 0.6 is 0 Å². The van der Waals surface area contributed by atoms with Crippen molar-refractivity contribution in [2.75, 3.05) is 0 Å². The molecular formula is C23H16N2O3. The van der Waals surface area contributed by atoms with Gasteiger partial charge in [-0.25, -0.2) is 4.79 Å². The van der Waals surface area contributed by atoms with Crippen molar-refractivity contribution in [2.45, 2.75) is 13.0 Å². The number of carboxylic acids is 1. The van der Waals surface area contributed by atoms with Crippen molar-refractivity contribution in [3.8, 4) is 5.69 Å². The largest absolute Gasteiger partial charge is 0.478 e. The molecule has 4 heterocycles. The van der Waals surface area contributed by atoms with Gasteiger partial charge in [-0.1, -0.05) is 6.07 Å². The summed E-state index contributed by atoms with van der Waals surface area (Å²) < 4.78 is 9.92. The van der Waals surface area contributed by atoms with Gasteiger partial charge in [0.25, 0.3) is 0 Å². The fourth-order valence-electron chi connectivity index (χ4n) is 4.50. The minimum Gasteiger partial charge on any atom is -0.478 e. The Bertz CT molecular complexity index is 1400. The molecule has 0 spiro atoms. The molecule has 5 nitrogen and oxygen atoms in total. The Morgan fingerprint density at radius 3 is 2.89 bits per heavy atom. The molecule has 0 radical (unpaired) electrons. The zero-order valence-corrected chi connectivity index (χ0v) is 14.9. The van der Waals surface area contributed by atoms with E-state index in [1.165, 1.54) is 5.69 Å². The molecular weight excluding hydrogens is 352 g/mol. The van der Waals surface area contributed by atoms with Gasteiger partial charge in [-0.2, -0.15) is 0 Å². The number of aromatic carboxylic acids is 1. The van der Waals surface area contributed by atoms with E-state index in [0.717, 1.165) is 51.8 Å². The normalized spacial score (nSPS) is 13.0. The fraction of sp³-hybridized carbons (Fsp3) is 0.0870. The molecule has 0 amide bonds. The Morgan fingerprint density at radius 2 is 2.00 bits per heavy atom. The maximum absolute atomic E-state index is 12.0. The van der Waals surface area contributed by atoms with Crippen molar-refractivity contribution < 1.29 is 14.3 Å². The number of hydrogen-bond donors (Lipinski definition) is 1. The van der Waals surface area contributed by atoms with E-state index >= 15 is 0 Å². The van der Waals surface area contributed by atoms with Crippen LogP contribution in [0.3, 0.4) is 0 Å². The summed E-state index contributed by atoms with van der Waals surface area (Å²) >= 11 is 0. The quantitative estimate of drug-likeness (QED) is 0.476. The van der Waals surface area contributed by atoms with Crippen LogP contribution in [0.1, 0.15) is 27.3 Å². The molecule has 1 N–H and O–H groups in total. The molecule has 0 bridgehead atoms. The fourth-order valence-corrected chi connectivity index (χ4v) is 4.50. The van der Waals surface area contributed by atoms with Crippen molar-refractivity contribution in [2.24, 2.45) is 0 Å². The number of carboxylic acid groups (broad SMARTS) is 1. The maximum atomic E-state index is 12.0. The third-order valence-electron chi connectivity index (χ3n) is 5.73. The Balaban J connectivity index is 1.72. The Morgan fingerprint density at radius 1 is 1.07 bits per heavy atom. The first-order valence-corrected chi connectivity index (χ1v) is 9.21. The van der Waals surface area contributed by atoms with E-state index in [9.17, 15) is 9.90 Å². The second kappa shape index (κ2) is 5.39. The van der Waals surface area contributed by atoms with E-state index in [0.29, 0.717) is 5.56 Å². The minimum absolute atomic E-state index is 0.358. The van der Waals surface area contributed by atoms with Crippen molar-refractivity contribution in [1.82, 2.24) is 9.13 Å². The molecule has 0 saturated heterocycles. The molecule has 1 aliphatic heterocycles. The summed E-state index contributed by atoms with van der Waals surface area (Å²) in [7, 11) is 0. The number of hydrogen-bond acceptors (Lipinski definition) is 2. The number of fused-ring (bicyclic) bond motifs is 5. The lowest BCUT2D eigenvalue weighted by molar-refractivity contribution is 0.0699. The van der Waals surface area contributed by atoms with Gasteiger partial charge in [-0.3, -0.25) is 0 Å². The van der Waals surface area contributed by atoms with Crippen LogP contribution in [0.4, 0.5) is 0 Å². The summed E-state index contributed by atoms with van der Waals surface area (Å²) in [5.74, 6) is -0.892. The molecule has 0 aliphatic carbocycles. The van der Waals surface area contributed by atoms with Crippen LogP contribution in [-0.2, 0) is 13.0 Å². The average molecular weight is 368 g/mol. The molecule has 0 atom stereocenters. The first-order valence-electron chi connectivity index (χ1n) is 9.21. The molecule has 0 fully saturated rings. The molecule has 6 rings (SSSR count). The highest BCUT2D eigenvalue weighted by Gasteiger charge is 2.26. The SMILES string of the molecule is O=C(O)c1cccc2c1c1c(n2-c2ccc3occc3c2)Cn2cccc2C1. The predicted molar refractivity (Wildman–Crippen MR) is 106 cm³/mol. The van der Waals surface area contributed by atoms with E-state index in [1.807, 2.05) is 36.4 Å². The molecule has 5 aromatic rings. The Labute approximate surface area is 160 Å². The topological polar surface area (TPSA) is 60.3 Å². The number of furan rings is 1. The number of nitrogens with zero attached hydrogens (tertiary/aromatic N) is 2. The van der Waals surface area contributed by atoms with Gasteiger partial charge < -0.3 is 18.7 Å². The molecule has 0 unspecified atom stereocenters. The highest BCUT2D eigenvalue weighted by Crippen LogP contribution is 2.37. The van der Waals surface area contributed by atoms with Gasteiger partial charge in [-0.15, -0.1) is 0 Å². The van der Waals surface area contributed by atoms with Gasteiger partial charge in [0, 0.05) is 40.5 Å². The van der Waals surface area contributed by atoms with E-state index in [-0.39, 0.29) is 0 Å². The second-order valence-electron chi connectivity index (χ2n) is 7.21. The second-order valence-corrected chi connectivity index (χ2v) is 7.21. The van der Waals surface area contributed by atoms with Crippen LogP contribution in [0.5, 0.6) is 0 Å². The number of benzene rings is 2. The maximum Gasteiger partial charge on any atom is 0.336 e. The van der Waals surface area contributed by atoms with Gasteiger partial charge in [0.2, 0.25) is 0 Å². The van der Waals surface area contributed by atoms with Crippen LogP contribution in [0.25, 0.3) is 27.6 Å². The number of carbonyl (C=O) groups is 1. The molecule has 28 heavy (non-hydrogen) atoms. The highest BCUT2D eigenvalue weighted by molar-refractivity contribution is 6.06. The van der Waals surface area contributed by atoms with Crippen LogP contribution in [0.2, 0.25) is 0 Å². The van der Waals surface area contributed by atoms with Gasteiger partial charge in [0.15, 0.2) is 0 Å². The third-order valence-corrected chi connectivity index (χ3v) is 5.73. The Kier molecular flexibility index (Phi) is 2.95. The number of aromatic nitrogens is 2. The van der Waals surface area contributed by atoms with Crippen LogP contribution in [-0.4, -0.2) is 20.2 Å². The molecule has 3 aromatic heterocycles. The van der Waals surface area contributed by atoms with Crippen LogP contribution in [0.15, 0.2) is 71.5 Å². The standard InChI is InChI=1S/C23H16N2O3/c26-23(27)17-4-1-5-19-22(17)18-12-15-3-2-9-24(15)13-20(18)25(19)16-6-7-21-14(11-16)8-10-28-21/h1-11H,12-13H2,(H,26,27). The van der Waals surface area contributed by atoms with E-state index in [2.05, 4.69) is 27.5 Å². The van der Waals surface area contributed by atoms with Gasteiger partial charge in [-0.05, 0) is 54.1 Å². The summed E-state index contributed by atoms with van der Waals surface area (Å²) in [6.07, 6.45) is 4.49. The zero-order chi connectivity index (χ0) is 18.8. The van der Waals surface area contributed by atoms with Crippen LogP contribution in [0, 0.1) is 0 Å². The first kappa shape index (κ1) is 15.3. The lowest BCUT2D eigenvalue weighted by Gasteiger charge is -2.19. The van der Waals surface area contributed by atoms with Crippen molar-refractivity contribution in [3.63, 3.8) is 0 Å². The van der Waals surface area contributed by atoms with E-state index in [4.69, 9.17) is 4.42 Å². The molecule has 0 saturated carbocycles. The summed E-state index contributed by atoms with van der Waals surface area (Å²) in [5, 5.41) is 11.7. The Hall–Kier alpha value is -3.73. The third kappa shape index (κ3) is 1.98. The van der Waals surface area contributed by atoms with Crippen molar-refractivity contribution >= 4 is 27.8 Å². The van der Waals surface area contributed by atoms with E-state index < -0.39 is 5.97 Å². The first-order chi connectivity index (χ1) is 13.7. The monoisotopic (exact) mass is 368 g/mol. The minimum atomic E-state index is -0.892. The smallest absolute Gasteiger partial charge is 0.336 e. The number of rotatable bonds is 2. The van der Waals surface area contributed by atoms with Crippen molar-refractivity contribution in [1.29, 1.82) is 0 Å². The van der Waals surface area contributed by atoms with Crippen molar-refractivity contribution in [3.05, 3.63) is 89.6 Å². The van der Waals surface area contributed by atoms with Gasteiger partial charge in [0.05, 0.1) is 23.9 Å². The lowest BCUT2D eigenvalue weighted by atomic mass is 9.99. The lowest BCUT2D eigenvalue weighted by Crippen LogP contribution is -2.15. The summed E-state index contributed by atoms with van der Waals surface area (Å²) in [4.78, 5) is 12.0. The highest BCUT2D eigenvalue weighted by atomic mass is 16.4.